The fourth-order valence-electron chi connectivity index (χ4n) is 2.51. The fraction of sp³-hybridized carbons (Fsp3) is 0.150. The van der Waals surface area contributed by atoms with Crippen LogP contribution in [0.2, 0.25) is 0 Å². The average molecular weight is 344 g/mol. The molecule has 0 bridgehead atoms. The van der Waals surface area contributed by atoms with Gasteiger partial charge in [-0.25, -0.2) is 4.98 Å². The van der Waals surface area contributed by atoms with E-state index in [1.54, 1.807) is 24.3 Å². The molecule has 0 fully saturated rings. The Bertz CT molecular complexity index is 1000. The number of aromatic nitrogens is 2. The third kappa shape index (κ3) is 3.66. The summed E-state index contributed by atoms with van der Waals surface area (Å²) in [7, 11) is 0. The molecule has 26 heavy (non-hydrogen) atoms. The molecule has 0 atom stereocenters. The standard InChI is InChI=1S/C20H16N4O2/c1-2-25-19-12-14(7-8-18(19)26-10-9-21)11-15(13-22)20-23-16-5-3-4-6-17(16)24-20/h3-8,11-12H,2,10H2,1H3,(H,23,24)/b15-11+. The van der Waals surface area contributed by atoms with Gasteiger partial charge in [0.2, 0.25) is 0 Å². The fourth-order valence-corrected chi connectivity index (χ4v) is 2.51. The highest BCUT2D eigenvalue weighted by Crippen LogP contribution is 2.30. The normalized spacial score (nSPS) is 11.0. The number of hydrogen-bond donors (Lipinski definition) is 1. The van der Waals surface area contributed by atoms with Crippen LogP contribution in [-0.2, 0) is 0 Å². The Morgan fingerprint density at radius 1 is 1.15 bits per heavy atom. The number of nitrogens with zero attached hydrogens (tertiary/aromatic N) is 3. The van der Waals surface area contributed by atoms with Crippen molar-refractivity contribution >= 4 is 22.7 Å². The zero-order chi connectivity index (χ0) is 18.4. The van der Waals surface area contributed by atoms with Crippen LogP contribution in [0.5, 0.6) is 11.5 Å². The maximum Gasteiger partial charge on any atom is 0.174 e. The van der Waals surface area contributed by atoms with Crippen molar-refractivity contribution in [3.05, 3.63) is 53.9 Å². The maximum absolute atomic E-state index is 9.54. The molecule has 1 aromatic heterocycles. The number of nitriles is 2. The molecule has 0 aliphatic carbocycles. The maximum atomic E-state index is 9.54. The molecule has 0 saturated carbocycles. The van der Waals surface area contributed by atoms with E-state index in [-0.39, 0.29) is 6.61 Å². The number of allylic oxidation sites excluding steroid dienone is 1. The van der Waals surface area contributed by atoms with E-state index in [4.69, 9.17) is 14.7 Å². The van der Waals surface area contributed by atoms with Crippen LogP contribution >= 0.6 is 0 Å². The lowest BCUT2D eigenvalue weighted by atomic mass is 10.1. The number of benzene rings is 2. The quantitative estimate of drug-likeness (QED) is 0.684. The van der Waals surface area contributed by atoms with E-state index in [1.165, 1.54) is 0 Å². The molecule has 0 spiro atoms. The van der Waals surface area contributed by atoms with Gasteiger partial charge in [0.15, 0.2) is 18.1 Å². The van der Waals surface area contributed by atoms with Gasteiger partial charge in [-0.3, -0.25) is 0 Å². The van der Waals surface area contributed by atoms with Crippen molar-refractivity contribution in [3.8, 4) is 23.6 Å². The van der Waals surface area contributed by atoms with E-state index in [9.17, 15) is 5.26 Å². The second kappa shape index (κ2) is 7.87. The molecular weight excluding hydrogens is 328 g/mol. The number of aromatic amines is 1. The Morgan fingerprint density at radius 2 is 2.00 bits per heavy atom. The lowest BCUT2D eigenvalue weighted by Crippen LogP contribution is -1.99. The first-order chi connectivity index (χ1) is 12.7. The van der Waals surface area contributed by atoms with E-state index < -0.39 is 0 Å². The van der Waals surface area contributed by atoms with E-state index in [1.807, 2.05) is 37.3 Å². The molecule has 128 valence electrons. The summed E-state index contributed by atoms with van der Waals surface area (Å²) in [6.45, 7) is 2.27. The largest absolute Gasteiger partial charge is 0.490 e. The van der Waals surface area contributed by atoms with E-state index in [0.717, 1.165) is 16.6 Å². The monoisotopic (exact) mass is 344 g/mol. The number of hydrogen-bond acceptors (Lipinski definition) is 5. The number of nitrogens with one attached hydrogen (secondary N) is 1. The summed E-state index contributed by atoms with van der Waals surface area (Å²) in [5.74, 6) is 1.53. The predicted molar refractivity (Wildman–Crippen MR) is 98.3 cm³/mol. The third-order valence-corrected chi connectivity index (χ3v) is 3.64. The molecule has 0 unspecified atom stereocenters. The van der Waals surface area contributed by atoms with Crippen molar-refractivity contribution in [1.82, 2.24) is 9.97 Å². The molecule has 6 heteroatoms. The van der Waals surface area contributed by atoms with Gasteiger partial charge in [0, 0.05) is 0 Å². The van der Waals surface area contributed by atoms with E-state index in [2.05, 4.69) is 16.0 Å². The number of rotatable bonds is 6. The molecule has 1 N–H and O–H groups in total. The second-order valence-corrected chi connectivity index (χ2v) is 5.36. The van der Waals surface area contributed by atoms with Crippen molar-refractivity contribution < 1.29 is 9.47 Å². The van der Waals surface area contributed by atoms with E-state index >= 15 is 0 Å². The summed E-state index contributed by atoms with van der Waals surface area (Å²) >= 11 is 0. The molecule has 0 aliphatic rings. The van der Waals surface area contributed by atoms with Crippen molar-refractivity contribution in [2.24, 2.45) is 0 Å². The Balaban J connectivity index is 1.97. The minimum Gasteiger partial charge on any atom is -0.490 e. The molecule has 0 amide bonds. The number of ether oxygens (including phenoxy) is 2. The third-order valence-electron chi connectivity index (χ3n) is 3.64. The molecule has 0 aliphatic heterocycles. The first kappa shape index (κ1) is 17.1. The Morgan fingerprint density at radius 3 is 2.73 bits per heavy atom. The van der Waals surface area contributed by atoms with Gasteiger partial charge in [0.1, 0.15) is 18.0 Å². The molecule has 0 saturated heterocycles. The van der Waals surface area contributed by atoms with Crippen LogP contribution in [0.1, 0.15) is 18.3 Å². The van der Waals surface area contributed by atoms with Gasteiger partial charge >= 0.3 is 0 Å². The number of para-hydroxylation sites is 2. The van der Waals surface area contributed by atoms with Crippen LogP contribution in [0.15, 0.2) is 42.5 Å². The van der Waals surface area contributed by atoms with Gasteiger partial charge in [-0.15, -0.1) is 0 Å². The summed E-state index contributed by atoms with van der Waals surface area (Å²) in [4.78, 5) is 7.61. The SMILES string of the molecule is CCOc1cc(/C=C(\C#N)c2nc3ccccc3[nH]2)ccc1OCC#N. The molecule has 2 aromatic carbocycles. The van der Waals surface area contributed by atoms with Crippen LogP contribution in [0.3, 0.4) is 0 Å². The molecule has 6 nitrogen and oxygen atoms in total. The van der Waals surface area contributed by atoms with Gasteiger partial charge in [-0.2, -0.15) is 10.5 Å². The lowest BCUT2D eigenvalue weighted by molar-refractivity contribution is 0.298. The Kier molecular flexibility index (Phi) is 5.16. The van der Waals surface area contributed by atoms with Crippen LogP contribution in [0, 0.1) is 22.7 Å². The molecule has 0 radical (unpaired) electrons. The minimum absolute atomic E-state index is 0.0578. The highest BCUT2D eigenvalue weighted by atomic mass is 16.5. The average Bonchev–Trinajstić information content (AvgIpc) is 3.09. The summed E-state index contributed by atoms with van der Waals surface area (Å²) < 4.78 is 10.9. The van der Waals surface area contributed by atoms with Gasteiger partial charge in [-0.1, -0.05) is 18.2 Å². The van der Waals surface area contributed by atoms with E-state index in [0.29, 0.717) is 29.5 Å². The molecule has 3 aromatic rings. The van der Waals surface area contributed by atoms with Gasteiger partial charge in [-0.05, 0) is 42.8 Å². The van der Waals surface area contributed by atoms with Crippen molar-refractivity contribution in [3.63, 3.8) is 0 Å². The Labute approximate surface area is 150 Å². The smallest absolute Gasteiger partial charge is 0.174 e. The van der Waals surface area contributed by atoms with Crippen molar-refractivity contribution in [1.29, 1.82) is 10.5 Å². The lowest BCUT2D eigenvalue weighted by Gasteiger charge is -2.10. The van der Waals surface area contributed by atoms with Crippen LogP contribution in [0.25, 0.3) is 22.7 Å². The summed E-state index contributed by atoms with van der Waals surface area (Å²) in [6.07, 6.45) is 1.73. The van der Waals surface area contributed by atoms with Crippen LogP contribution in [0.4, 0.5) is 0 Å². The second-order valence-electron chi connectivity index (χ2n) is 5.36. The molecular formula is C20H16N4O2. The topological polar surface area (TPSA) is 94.7 Å². The van der Waals surface area contributed by atoms with Crippen molar-refractivity contribution in [2.45, 2.75) is 6.92 Å². The van der Waals surface area contributed by atoms with Crippen LogP contribution < -0.4 is 9.47 Å². The minimum atomic E-state index is -0.0578. The number of H-pyrrole nitrogens is 1. The van der Waals surface area contributed by atoms with Gasteiger partial charge < -0.3 is 14.5 Å². The van der Waals surface area contributed by atoms with Crippen molar-refractivity contribution in [2.75, 3.05) is 13.2 Å². The molecule has 1 heterocycles. The first-order valence-electron chi connectivity index (χ1n) is 8.08. The first-order valence-corrected chi connectivity index (χ1v) is 8.08. The predicted octanol–water partition coefficient (Wildman–Crippen LogP) is 3.93. The van der Waals surface area contributed by atoms with Gasteiger partial charge in [0.25, 0.3) is 0 Å². The van der Waals surface area contributed by atoms with Crippen LogP contribution in [-0.4, -0.2) is 23.2 Å². The summed E-state index contributed by atoms with van der Waals surface area (Å²) in [6, 6.07) is 17.0. The summed E-state index contributed by atoms with van der Waals surface area (Å²) in [5, 5.41) is 18.2. The Hall–Kier alpha value is -3.77. The highest BCUT2D eigenvalue weighted by molar-refractivity contribution is 5.90. The molecule has 3 rings (SSSR count). The zero-order valence-corrected chi connectivity index (χ0v) is 14.2. The number of imidazole rings is 1. The zero-order valence-electron chi connectivity index (χ0n) is 14.2. The van der Waals surface area contributed by atoms with Gasteiger partial charge in [0.05, 0.1) is 23.2 Å². The number of fused-ring (bicyclic) bond motifs is 1. The summed E-state index contributed by atoms with van der Waals surface area (Å²) in [5.41, 5.74) is 2.86. The highest BCUT2D eigenvalue weighted by Gasteiger charge is 2.10.